The topological polar surface area (TPSA) is 52.1 Å². The largest absolute Gasteiger partial charge is 0.383 e. The fourth-order valence-electron chi connectivity index (χ4n) is 4.18. The monoisotopic (exact) mass is 515 g/mol. The van der Waals surface area contributed by atoms with E-state index in [0.717, 1.165) is 57.5 Å². The van der Waals surface area contributed by atoms with E-state index in [-0.39, 0.29) is 24.0 Å². The number of piperidine rings is 2. The minimum absolute atomic E-state index is 0. The fraction of sp³-hybridized carbons (Fsp3) is 0.682. The Morgan fingerprint density at radius 3 is 2.38 bits per heavy atom. The van der Waals surface area contributed by atoms with Gasteiger partial charge >= 0.3 is 0 Å². The summed E-state index contributed by atoms with van der Waals surface area (Å²) in [7, 11) is 3.66. The Balaban J connectivity index is 0.00000300. The Morgan fingerprint density at radius 2 is 1.76 bits per heavy atom. The summed E-state index contributed by atoms with van der Waals surface area (Å²) in [5.74, 6) is 1.69. The number of likely N-dealkylation sites (tertiary alicyclic amines) is 1. The highest BCUT2D eigenvalue weighted by atomic mass is 127. The van der Waals surface area contributed by atoms with Crippen LogP contribution < -0.4 is 15.5 Å². The first-order chi connectivity index (χ1) is 13.8. The van der Waals surface area contributed by atoms with Gasteiger partial charge in [-0.2, -0.15) is 0 Å². The molecule has 0 radical (unpaired) electrons. The van der Waals surface area contributed by atoms with Crippen molar-refractivity contribution in [2.24, 2.45) is 10.9 Å². The van der Waals surface area contributed by atoms with Gasteiger partial charge in [0.25, 0.3) is 0 Å². The standard InChI is InChI=1S/C22H37N5O.HI/c1-23-22(24-18-19-8-12-26(13-9-19)16-17-28-2)25-20-10-14-27(15-11-20)21-6-4-3-5-7-21;/h3-7,19-20H,8-18H2,1-2H3,(H2,23,24,25);1H. The number of halogens is 1. The summed E-state index contributed by atoms with van der Waals surface area (Å²) in [6, 6.07) is 11.2. The molecule has 2 saturated heterocycles. The zero-order valence-corrected chi connectivity index (χ0v) is 20.3. The number of ether oxygens (including phenoxy) is 1. The van der Waals surface area contributed by atoms with Gasteiger partial charge in [-0.25, -0.2) is 0 Å². The molecule has 2 fully saturated rings. The van der Waals surface area contributed by atoms with Crippen LogP contribution in [0.2, 0.25) is 0 Å². The number of hydrogen-bond acceptors (Lipinski definition) is 4. The van der Waals surface area contributed by atoms with Crippen LogP contribution in [-0.2, 0) is 4.74 Å². The summed E-state index contributed by atoms with van der Waals surface area (Å²) in [5.41, 5.74) is 1.33. The van der Waals surface area contributed by atoms with Gasteiger partial charge in [0, 0.05) is 52.1 Å². The lowest BCUT2D eigenvalue weighted by Gasteiger charge is -2.35. The molecule has 2 heterocycles. The first kappa shape index (κ1) is 24.2. The summed E-state index contributed by atoms with van der Waals surface area (Å²) < 4.78 is 5.19. The quantitative estimate of drug-likeness (QED) is 0.333. The van der Waals surface area contributed by atoms with Gasteiger partial charge in [0.05, 0.1) is 6.61 Å². The lowest BCUT2D eigenvalue weighted by Crippen LogP contribution is -2.50. The molecule has 164 valence electrons. The molecule has 29 heavy (non-hydrogen) atoms. The SMILES string of the molecule is CN=C(NCC1CCN(CCOC)CC1)NC1CCN(c2ccccc2)CC1.I. The normalized spacial score (nSPS) is 19.7. The average molecular weight is 515 g/mol. The maximum Gasteiger partial charge on any atom is 0.191 e. The molecule has 0 aromatic heterocycles. The number of benzene rings is 1. The van der Waals surface area contributed by atoms with E-state index >= 15 is 0 Å². The van der Waals surface area contributed by atoms with Crippen LogP contribution in [0.25, 0.3) is 0 Å². The number of anilines is 1. The highest BCUT2D eigenvalue weighted by Crippen LogP contribution is 2.19. The number of hydrogen-bond donors (Lipinski definition) is 2. The van der Waals surface area contributed by atoms with Crippen LogP contribution in [-0.4, -0.2) is 76.9 Å². The van der Waals surface area contributed by atoms with E-state index in [4.69, 9.17) is 4.74 Å². The molecular formula is C22H38IN5O. The second-order valence-corrected chi connectivity index (χ2v) is 7.97. The predicted octanol–water partition coefficient (Wildman–Crippen LogP) is 2.80. The summed E-state index contributed by atoms with van der Waals surface area (Å²) in [5, 5.41) is 7.21. The van der Waals surface area contributed by atoms with Gasteiger partial charge in [-0.3, -0.25) is 4.99 Å². The molecule has 1 aromatic rings. The molecular weight excluding hydrogens is 477 g/mol. The fourth-order valence-corrected chi connectivity index (χ4v) is 4.18. The van der Waals surface area contributed by atoms with Crippen LogP contribution in [0.5, 0.6) is 0 Å². The zero-order chi connectivity index (χ0) is 19.6. The van der Waals surface area contributed by atoms with Crippen LogP contribution >= 0.6 is 24.0 Å². The minimum Gasteiger partial charge on any atom is -0.383 e. The third kappa shape index (κ3) is 7.94. The van der Waals surface area contributed by atoms with E-state index in [1.54, 1.807) is 7.11 Å². The van der Waals surface area contributed by atoms with Crippen LogP contribution in [0.1, 0.15) is 25.7 Å². The number of guanidine groups is 1. The first-order valence-corrected chi connectivity index (χ1v) is 10.8. The molecule has 6 nitrogen and oxygen atoms in total. The Kier molecular flexibility index (Phi) is 11.1. The van der Waals surface area contributed by atoms with Crippen LogP contribution in [0.4, 0.5) is 5.69 Å². The molecule has 0 aliphatic carbocycles. The first-order valence-electron chi connectivity index (χ1n) is 10.8. The Hall–Kier alpha value is -1.06. The molecule has 2 aliphatic rings. The molecule has 1 aromatic carbocycles. The van der Waals surface area contributed by atoms with E-state index in [0.29, 0.717) is 6.04 Å². The van der Waals surface area contributed by atoms with E-state index in [2.05, 4.69) is 55.8 Å². The van der Waals surface area contributed by atoms with E-state index in [1.807, 2.05) is 7.05 Å². The van der Waals surface area contributed by atoms with E-state index < -0.39 is 0 Å². The summed E-state index contributed by atoms with van der Waals surface area (Å²) in [4.78, 5) is 9.44. The van der Waals surface area contributed by atoms with Crippen LogP contribution in [0, 0.1) is 5.92 Å². The van der Waals surface area contributed by atoms with Crippen LogP contribution in [0.15, 0.2) is 35.3 Å². The van der Waals surface area contributed by atoms with Gasteiger partial charge in [0.2, 0.25) is 0 Å². The molecule has 0 atom stereocenters. The third-order valence-electron chi connectivity index (χ3n) is 6.06. The number of aliphatic imine (C=N–C) groups is 1. The molecule has 0 amide bonds. The number of rotatable bonds is 7. The van der Waals surface area contributed by atoms with Gasteiger partial charge in [0.1, 0.15) is 0 Å². The third-order valence-corrected chi connectivity index (χ3v) is 6.06. The van der Waals surface area contributed by atoms with Crippen molar-refractivity contribution in [3.05, 3.63) is 30.3 Å². The van der Waals surface area contributed by atoms with E-state index in [1.165, 1.54) is 31.6 Å². The second-order valence-electron chi connectivity index (χ2n) is 7.97. The number of nitrogens with zero attached hydrogens (tertiary/aromatic N) is 3. The van der Waals surface area contributed by atoms with Crippen molar-refractivity contribution in [1.29, 1.82) is 0 Å². The maximum absolute atomic E-state index is 5.19. The van der Waals surface area contributed by atoms with Crippen molar-refractivity contribution in [2.75, 3.05) is 64.9 Å². The Labute approximate surface area is 193 Å². The predicted molar refractivity (Wildman–Crippen MR) is 133 cm³/mol. The number of para-hydroxylation sites is 1. The molecule has 2 aliphatic heterocycles. The zero-order valence-electron chi connectivity index (χ0n) is 18.0. The smallest absolute Gasteiger partial charge is 0.191 e. The molecule has 2 N–H and O–H groups in total. The van der Waals surface area contributed by atoms with Crippen LogP contribution in [0.3, 0.4) is 0 Å². The Bertz CT molecular complexity index is 584. The summed E-state index contributed by atoms with van der Waals surface area (Å²) in [6.07, 6.45) is 4.80. The molecule has 0 unspecified atom stereocenters. The minimum atomic E-state index is 0. The Morgan fingerprint density at radius 1 is 1.07 bits per heavy atom. The van der Waals surface area contributed by atoms with Gasteiger partial charge in [-0.1, -0.05) is 18.2 Å². The second kappa shape index (κ2) is 13.3. The highest BCUT2D eigenvalue weighted by Gasteiger charge is 2.22. The number of nitrogens with one attached hydrogen (secondary N) is 2. The van der Waals surface area contributed by atoms with Crippen molar-refractivity contribution >= 4 is 35.6 Å². The number of methoxy groups -OCH3 is 1. The van der Waals surface area contributed by atoms with Crippen molar-refractivity contribution in [3.63, 3.8) is 0 Å². The van der Waals surface area contributed by atoms with Crippen molar-refractivity contribution in [2.45, 2.75) is 31.7 Å². The van der Waals surface area contributed by atoms with Gasteiger partial charge in [0.15, 0.2) is 5.96 Å². The van der Waals surface area contributed by atoms with Crippen molar-refractivity contribution < 1.29 is 4.74 Å². The van der Waals surface area contributed by atoms with Gasteiger partial charge < -0.3 is 25.2 Å². The lowest BCUT2D eigenvalue weighted by atomic mass is 9.97. The summed E-state index contributed by atoms with van der Waals surface area (Å²) in [6.45, 7) is 7.46. The van der Waals surface area contributed by atoms with E-state index in [9.17, 15) is 0 Å². The van der Waals surface area contributed by atoms with Gasteiger partial charge in [-0.15, -0.1) is 24.0 Å². The molecule has 0 spiro atoms. The highest BCUT2D eigenvalue weighted by molar-refractivity contribution is 14.0. The van der Waals surface area contributed by atoms with Crippen molar-refractivity contribution in [3.8, 4) is 0 Å². The molecule has 7 heteroatoms. The average Bonchev–Trinajstić information content (AvgIpc) is 2.77. The summed E-state index contributed by atoms with van der Waals surface area (Å²) >= 11 is 0. The van der Waals surface area contributed by atoms with Gasteiger partial charge in [-0.05, 0) is 56.8 Å². The van der Waals surface area contributed by atoms with Crippen molar-refractivity contribution in [1.82, 2.24) is 15.5 Å². The molecule has 3 rings (SSSR count). The molecule has 0 saturated carbocycles. The lowest BCUT2D eigenvalue weighted by molar-refractivity contribution is 0.121. The maximum atomic E-state index is 5.19. The molecule has 0 bridgehead atoms.